The van der Waals surface area contributed by atoms with E-state index in [9.17, 15) is 9.90 Å². The molecule has 2 rings (SSSR count). The van der Waals surface area contributed by atoms with Crippen molar-refractivity contribution in [3.63, 3.8) is 0 Å². The summed E-state index contributed by atoms with van der Waals surface area (Å²) >= 11 is 5.92. The number of halogens is 1. The monoisotopic (exact) mass is 391 g/mol. The lowest BCUT2D eigenvalue weighted by atomic mass is 10.2. The van der Waals surface area contributed by atoms with Crippen LogP contribution in [0.15, 0.2) is 48.5 Å². The third kappa shape index (κ3) is 7.89. The number of nitrogens with zero attached hydrogens (tertiary/aromatic N) is 1. The Balaban J connectivity index is 1.84. The molecule has 0 amide bonds. The third-order valence-electron chi connectivity index (χ3n) is 3.98. The van der Waals surface area contributed by atoms with Crippen molar-refractivity contribution in [1.82, 2.24) is 4.90 Å². The summed E-state index contributed by atoms with van der Waals surface area (Å²) < 4.78 is 10.6. The molecule has 2 aromatic rings. The summed E-state index contributed by atoms with van der Waals surface area (Å²) in [6, 6.07) is 14.8. The maximum Gasteiger partial charge on any atom is 0.307 e. The Morgan fingerprint density at radius 2 is 1.93 bits per heavy atom. The second-order valence-electron chi connectivity index (χ2n) is 6.13. The lowest BCUT2D eigenvalue weighted by molar-refractivity contribution is -0.143. The normalized spacial score (nSPS) is 10.8. The summed E-state index contributed by atoms with van der Waals surface area (Å²) in [5.41, 5.74) is 1.19. The SMILES string of the molecule is CCOC(=O)CCN(CCCOc1cc(Cl)ccc1O)Cc1ccccc1. The summed E-state index contributed by atoms with van der Waals surface area (Å²) in [5, 5.41) is 10.3. The molecule has 6 heteroatoms. The Bertz CT molecular complexity index is 709. The average molecular weight is 392 g/mol. The minimum atomic E-state index is -0.185. The molecule has 0 aliphatic carbocycles. The van der Waals surface area contributed by atoms with Crippen LogP contribution in [0.25, 0.3) is 0 Å². The van der Waals surface area contributed by atoms with E-state index in [0.717, 1.165) is 19.5 Å². The number of phenolic OH excluding ortho intramolecular Hbond substituents is 1. The molecule has 0 aliphatic heterocycles. The van der Waals surface area contributed by atoms with Gasteiger partial charge in [0, 0.05) is 30.7 Å². The molecule has 27 heavy (non-hydrogen) atoms. The van der Waals surface area contributed by atoms with Gasteiger partial charge >= 0.3 is 5.97 Å². The van der Waals surface area contributed by atoms with Crippen molar-refractivity contribution in [2.45, 2.75) is 26.3 Å². The van der Waals surface area contributed by atoms with Gasteiger partial charge in [-0.3, -0.25) is 9.69 Å². The van der Waals surface area contributed by atoms with Crippen LogP contribution in [0.4, 0.5) is 0 Å². The molecular weight excluding hydrogens is 366 g/mol. The van der Waals surface area contributed by atoms with Gasteiger partial charge in [-0.2, -0.15) is 0 Å². The molecule has 0 spiro atoms. The second-order valence-corrected chi connectivity index (χ2v) is 6.57. The molecule has 0 aliphatic rings. The largest absolute Gasteiger partial charge is 0.504 e. The van der Waals surface area contributed by atoms with Crippen molar-refractivity contribution in [2.75, 3.05) is 26.3 Å². The van der Waals surface area contributed by atoms with Crippen LogP contribution in [0.5, 0.6) is 11.5 Å². The van der Waals surface area contributed by atoms with E-state index in [1.165, 1.54) is 11.6 Å². The van der Waals surface area contributed by atoms with Crippen molar-refractivity contribution < 1.29 is 19.4 Å². The van der Waals surface area contributed by atoms with Gasteiger partial charge in [0.25, 0.3) is 0 Å². The molecule has 2 aromatic carbocycles. The fourth-order valence-corrected chi connectivity index (χ4v) is 2.83. The molecule has 0 unspecified atom stereocenters. The fraction of sp³-hybridized carbons (Fsp3) is 0.381. The van der Waals surface area contributed by atoms with Crippen LogP contribution in [0.2, 0.25) is 5.02 Å². The van der Waals surface area contributed by atoms with Crippen LogP contribution < -0.4 is 4.74 Å². The van der Waals surface area contributed by atoms with Gasteiger partial charge in [0.1, 0.15) is 0 Å². The maximum atomic E-state index is 11.7. The summed E-state index contributed by atoms with van der Waals surface area (Å²) in [6.07, 6.45) is 1.11. The third-order valence-corrected chi connectivity index (χ3v) is 4.22. The quantitative estimate of drug-likeness (QED) is 0.458. The van der Waals surface area contributed by atoms with Crippen molar-refractivity contribution in [1.29, 1.82) is 0 Å². The predicted molar refractivity (Wildman–Crippen MR) is 106 cm³/mol. The number of phenols is 1. The molecule has 0 aromatic heterocycles. The molecule has 1 N–H and O–H groups in total. The lowest BCUT2D eigenvalue weighted by Gasteiger charge is -2.22. The van der Waals surface area contributed by atoms with Crippen LogP contribution >= 0.6 is 11.6 Å². The average Bonchev–Trinajstić information content (AvgIpc) is 2.66. The topological polar surface area (TPSA) is 59.0 Å². The highest BCUT2D eigenvalue weighted by molar-refractivity contribution is 6.30. The zero-order valence-corrected chi connectivity index (χ0v) is 16.3. The van der Waals surface area contributed by atoms with Gasteiger partial charge in [-0.05, 0) is 31.0 Å². The van der Waals surface area contributed by atoms with Gasteiger partial charge < -0.3 is 14.6 Å². The van der Waals surface area contributed by atoms with Gasteiger partial charge in [-0.15, -0.1) is 0 Å². The van der Waals surface area contributed by atoms with E-state index < -0.39 is 0 Å². The number of rotatable bonds is 11. The molecule has 0 fully saturated rings. The van der Waals surface area contributed by atoms with Gasteiger partial charge in [-0.1, -0.05) is 41.9 Å². The second kappa shape index (κ2) is 11.5. The Morgan fingerprint density at radius 1 is 1.15 bits per heavy atom. The van der Waals surface area contributed by atoms with E-state index in [1.807, 2.05) is 25.1 Å². The van der Waals surface area contributed by atoms with Crippen LogP contribution in [0.3, 0.4) is 0 Å². The summed E-state index contributed by atoms with van der Waals surface area (Å²) in [6.45, 7) is 4.78. The number of carbonyl (C=O) groups excluding carboxylic acids is 1. The lowest BCUT2D eigenvalue weighted by Crippen LogP contribution is -2.28. The van der Waals surface area contributed by atoms with Gasteiger partial charge in [0.2, 0.25) is 0 Å². The van der Waals surface area contributed by atoms with Crippen LogP contribution in [-0.4, -0.2) is 42.3 Å². The number of hydrogen-bond donors (Lipinski definition) is 1. The van der Waals surface area contributed by atoms with E-state index >= 15 is 0 Å². The minimum Gasteiger partial charge on any atom is -0.504 e. The molecule has 0 bridgehead atoms. The van der Waals surface area contributed by atoms with E-state index in [1.54, 1.807) is 12.1 Å². The number of ether oxygens (including phenoxy) is 2. The Hall–Kier alpha value is -2.24. The fourth-order valence-electron chi connectivity index (χ4n) is 2.67. The first-order chi connectivity index (χ1) is 13.1. The molecule has 0 radical (unpaired) electrons. The number of esters is 1. The number of hydrogen-bond acceptors (Lipinski definition) is 5. The molecular formula is C21H26ClNO4. The van der Waals surface area contributed by atoms with E-state index in [0.29, 0.717) is 37.0 Å². The molecule has 5 nitrogen and oxygen atoms in total. The number of benzene rings is 2. The van der Waals surface area contributed by atoms with Gasteiger partial charge in [0.05, 0.1) is 19.6 Å². The highest BCUT2D eigenvalue weighted by Crippen LogP contribution is 2.28. The summed E-state index contributed by atoms with van der Waals surface area (Å²) in [7, 11) is 0. The van der Waals surface area contributed by atoms with E-state index in [2.05, 4.69) is 17.0 Å². The van der Waals surface area contributed by atoms with E-state index in [4.69, 9.17) is 21.1 Å². The number of aromatic hydroxyl groups is 1. The van der Waals surface area contributed by atoms with Crippen molar-refractivity contribution in [2.24, 2.45) is 0 Å². The van der Waals surface area contributed by atoms with Crippen LogP contribution in [0, 0.1) is 0 Å². The zero-order valence-electron chi connectivity index (χ0n) is 15.6. The van der Waals surface area contributed by atoms with Crippen molar-refractivity contribution in [3.8, 4) is 11.5 Å². The molecule has 0 saturated heterocycles. The smallest absolute Gasteiger partial charge is 0.307 e. The highest BCUT2D eigenvalue weighted by atomic mass is 35.5. The van der Waals surface area contributed by atoms with Gasteiger partial charge in [-0.25, -0.2) is 0 Å². The predicted octanol–water partition coefficient (Wildman–Crippen LogP) is 4.27. The van der Waals surface area contributed by atoms with Crippen LogP contribution in [0.1, 0.15) is 25.3 Å². The van der Waals surface area contributed by atoms with Crippen molar-refractivity contribution in [3.05, 3.63) is 59.1 Å². The first kappa shape index (κ1) is 21.1. The van der Waals surface area contributed by atoms with Crippen LogP contribution in [-0.2, 0) is 16.1 Å². The van der Waals surface area contributed by atoms with Crippen molar-refractivity contribution >= 4 is 17.6 Å². The standard InChI is InChI=1S/C21H26ClNO4/c1-2-26-21(25)11-13-23(16-17-7-4-3-5-8-17)12-6-14-27-20-15-18(22)9-10-19(20)24/h3-5,7-10,15,24H,2,6,11-14,16H2,1H3. The Labute approximate surface area is 165 Å². The molecule has 0 atom stereocenters. The first-order valence-electron chi connectivity index (χ1n) is 9.11. The number of carbonyl (C=O) groups is 1. The minimum absolute atomic E-state index is 0.0721. The zero-order chi connectivity index (χ0) is 19.5. The summed E-state index contributed by atoms with van der Waals surface area (Å²) in [4.78, 5) is 13.9. The maximum absolute atomic E-state index is 11.7. The molecule has 0 heterocycles. The highest BCUT2D eigenvalue weighted by Gasteiger charge is 2.10. The first-order valence-corrected chi connectivity index (χ1v) is 9.49. The van der Waals surface area contributed by atoms with E-state index in [-0.39, 0.29) is 11.7 Å². The Kier molecular flexibility index (Phi) is 8.95. The molecule has 146 valence electrons. The van der Waals surface area contributed by atoms with Gasteiger partial charge in [0.15, 0.2) is 11.5 Å². The Morgan fingerprint density at radius 3 is 2.67 bits per heavy atom. The molecule has 0 saturated carbocycles. The summed E-state index contributed by atoms with van der Waals surface area (Å²) in [5.74, 6) is 0.266.